The van der Waals surface area contributed by atoms with E-state index in [2.05, 4.69) is 17.4 Å². The minimum absolute atomic E-state index is 0.172. The van der Waals surface area contributed by atoms with Crippen LogP contribution in [0.15, 0.2) is 59.0 Å². The van der Waals surface area contributed by atoms with E-state index in [1.54, 1.807) is 12.1 Å². The predicted molar refractivity (Wildman–Crippen MR) is 105 cm³/mol. The highest BCUT2D eigenvalue weighted by atomic mass is 16.5. The second kappa shape index (κ2) is 7.84. The molecular weight excluding hydrogens is 340 g/mol. The molecule has 0 spiro atoms. The molecule has 1 aromatic heterocycles. The first-order valence-corrected chi connectivity index (χ1v) is 9.42. The molecule has 5 nitrogen and oxygen atoms in total. The van der Waals surface area contributed by atoms with E-state index in [1.807, 2.05) is 30.3 Å². The van der Waals surface area contributed by atoms with Crippen molar-refractivity contribution in [1.82, 2.24) is 5.32 Å². The highest BCUT2D eigenvalue weighted by Gasteiger charge is 2.26. The fourth-order valence-corrected chi connectivity index (χ4v) is 3.67. The standard InChI is InChI=1S/C22H24N2O3/c23-13-15-5-7-18(11-15)24-22(25)21-10-9-20(27-21)14-26-19-8-6-16-3-1-2-4-17(16)12-19/h1-4,6,8-10,12,15,18H,5,7,11,13-14,23H2,(H,24,25). The normalized spacial score (nSPS) is 19.3. The van der Waals surface area contributed by atoms with Crippen molar-refractivity contribution >= 4 is 16.7 Å². The first-order valence-electron chi connectivity index (χ1n) is 9.42. The molecule has 1 amide bonds. The molecule has 1 saturated carbocycles. The molecule has 5 heteroatoms. The van der Waals surface area contributed by atoms with E-state index in [-0.39, 0.29) is 18.6 Å². The number of rotatable bonds is 6. The van der Waals surface area contributed by atoms with Gasteiger partial charge in [-0.25, -0.2) is 0 Å². The van der Waals surface area contributed by atoms with Gasteiger partial charge < -0.3 is 20.2 Å². The first kappa shape index (κ1) is 17.6. The van der Waals surface area contributed by atoms with Crippen molar-refractivity contribution in [2.45, 2.75) is 31.9 Å². The van der Waals surface area contributed by atoms with E-state index in [4.69, 9.17) is 14.9 Å². The van der Waals surface area contributed by atoms with Crippen molar-refractivity contribution in [3.8, 4) is 5.75 Å². The molecule has 3 aromatic rings. The van der Waals surface area contributed by atoms with Crippen LogP contribution < -0.4 is 15.8 Å². The van der Waals surface area contributed by atoms with Gasteiger partial charge in [-0.1, -0.05) is 30.3 Å². The molecule has 27 heavy (non-hydrogen) atoms. The van der Waals surface area contributed by atoms with Crippen molar-refractivity contribution in [3.63, 3.8) is 0 Å². The number of benzene rings is 2. The lowest BCUT2D eigenvalue weighted by Crippen LogP contribution is -2.33. The molecular formula is C22H24N2O3. The van der Waals surface area contributed by atoms with E-state index in [0.717, 1.165) is 30.4 Å². The lowest BCUT2D eigenvalue weighted by Gasteiger charge is -2.11. The third kappa shape index (κ3) is 4.14. The summed E-state index contributed by atoms with van der Waals surface area (Å²) in [5.41, 5.74) is 5.71. The Hall–Kier alpha value is -2.79. The minimum atomic E-state index is -0.172. The average Bonchev–Trinajstić information content (AvgIpc) is 3.35. The molecule has 2 aromatic carbocycles. The predicted octanol–water partition coefficient (Wildman–Crippen LogP) is 3.87. The Balaban J connectivity index is 1.34. The summed E-state index contributed by atoms with van der Waals surface area (Å²) in [6, 6.07) is 17.8. The summed E-state index contributed by atoms with van der Waals surface area (Å²) in [6.07, 6.45) is 3.00. The van der Waals surface area contributed by atoms with E-state index >= 15 is 0 Å². The van der Waals surface area contributed by atoms with Crippen molar-refractivity contribution in [2.75, 3.05) is 6.54 Å². The Morgan fingerprint density at radius 2 is 1.96 bits per heavy atom. The Morgan fingerprint density at radius 3 is 2.78 bits per heavy atom. The third-order valence-corrected chi connectivity index (χ3v) is 5.20. The largest absolute Gasteiger partial charge is 0.486 e. The molecule has 1 aliphatic rings. The van der Waals surface area contributed by atoms with Crippen LogP contribution in [-0.4, -0.2) is 18.5 Å². The molecule has 0 aliphatic heterocycles. The van der Waals surface area contributed by atoms with E-state index in [0.29, 0.717) is 24.0 Å². The zero-order valence-corrected chi connectivity index (χ0v) is 15.2. The number of amides is 1. The van der Waals surface area contributed by atoms with Crippen molar-refractivity contribution in [2.24, 2.45) is 11.7 Å². The highest BCUT2D eigenvalue weighted by molar-refractivity contribution is 5.91. The molecule has 0 saturated heterocycles. The third-order valence-electron chi connectivity index (χ3n) is 5.20. The van der Waals surface area contributed by atoms with Crippen LogP contribution in [-0.2, 0) is 6.61 Å². The molecule has 140 valence electrons. The van der Waals surface area contributed by atoms with Crippen molar-refractivity contribution in [1.29, 1.82) is 0 Å². The van der Waals surface area contributed by atoms with Gasteiger partial charge in [0, 0.05) is 6.04 Å². The smallest absolute Gasteiger partial charge is 0.287 e. The van der Waals surface area contributed by atoms with Crippen LogP contribution in [0.5, 0.6) is 5.75 Å². The van der Waals surface area contributed by atoms with Crippen LogP contribution in [0.3, 0.4) is 0 Å². The molecule has 0 radical (unpaired) electrons. The van der Waals surface area contributed by atoms with Crippen LogP contribution in [0.25, 0.3) is 10.8 Å². The zero-order chi connectivity index (χ0) is 18.6. The molecule has 2 unspecified atom stereocenters. The first-order chi connectivity index (χ1) is 13.2. The fraction of sp³-hybridized carbons (Fsp3) is 0.318. The summed E-state index contributed by atoms with van der Waals surface area (Å²) in [5.74, 6) is 2.06. The van der Waals surface area contributed by atoms with Gasteiger partial charge in [0.1, 0.15) is 18.1 Å². The van der Waals surface area contributed by atoms with Crippen LogP contribution >= 0.6 is 0 Å². The Labute approximate surface area is 158 Å². The Bertz CT molecular complexity index is 934. The van der Waals surface area contributed by atoms with Gasteiger partial charge in [0.15, 0.2) is 5.76 Å². The van der Waals surface area contributed by atoms with Gasteiger partial charge in [0.2, 0.25) is 0 Å². The number of hydrogen-bond acceptors (Lipinski definition) is 4. The van der Waals surface area contributed by atoms with E-state index < -0.39 is 0 Å². The van der Waals surface area contributed by atoms with Crippen LogP contribution in [0, 0.1) is 5.92 Å². The van der Waals surface area contributed by atoms with E-state index in [1.165, 1.54) is 5.39 Å². The maximum Gasteiger partial charge on any atom is 0.287 e. The highest BCUT2D eigenvalue weighted by Crippen LogP contribution is 2.25. The number of fused-ring (bicyclic) bond motifs is 1. The summed E-state index contributed by atoms with van der Waals surface area (Å²) in [4.78, 5) is 12.4. The zero-order valence-electron chi connectivity index (χ0n) is 15.2. The molecule has 1 heterocycles. The number of nitrogens with two attached hydrogens (primary N) is 1. The number of ether oxygens (including phenoxy) is 1. The average molecular weight is 364 g/mol. The van der Waals surface area contributed by atoms with Gasteiger partial charge in [-0.3, -0.25) is 4.79 Å². The quantitative estimate of drug-likeness (QED) is 0.696. The SMILES string of the molecule is NCC1CCC(NC(=O)c2ccc(COc3ccc4ccccc4c3)o2)C1. The summed E-state index contributed by atoms with van der Waals surface area (Å²) in [5, 5.41) is 5.34. The van der Waals surface area contributed by atoms with Crippen LogP contribution in [0.2, 0.25) is 0 Å². The number of furan rings is 1. The number of carbonyl (C=O) groups excluding carboxylic acids is 1. The lowest BCUT2D eigenvalue weighted by molar-refractivity contribution is 0.0905. The molecule has 4 rings (SSSR count). The molecule has 3 N–H and O–H groups in total. The van der Waals surface area contributed by atoms with Gasteiger partial charge in [-0.2, -0.15) is 0 Å². The Morgan fingerprint density at radius 1 is 1.11 bits per heavy atom. The molecule has 1 aliphatic carbocycles. The molecule has 2 atom stereocenters. The van der Waals surface area contributed by atoms with Gasteiger partial charge in [0.05, 0.1) is 0 Å². The van der Waals surface area contributed by atoms with Gasteiger partial charge in [-0.15, -0.1) is 0 Å². The van der Waals surface area contributed by atoms with E-state index in [9.17, 15) is 4.79 Å². The van der Waals surface area contributed by atoms with Crippen molar-refractivity contribution < 1.29 is 13.9 Å². The number of hydrogen-bond donors (Lipinski definition) is 2. The van der Waals surface area contributed by atoms with Crippen LogP contribution in [0.4, 0.5) is 0 Å². The van der Waals surface area contributed by atoms with Gasteiger partial charge in [-0.05, 0) is 66.8 Å². The van der Waals surface area contributed by atoms with Crippen LogP contribution in [0.1, 0.15) is 35.6 Å². The topological polar surface area (TPSA) is 77.5 Å². The fourth-order valence-electron chi connectivity index (χ4n) is 3.67. The minimum Gasteiger partial charge on any atom is -0.486 e. The van der Waals surface area contributed by atoms with Gasteiger partial charge >= 0.3 is 0 Å². The van der Waals surface area contributed by atoms with Gasteiger partial charge in [0.25, 0.3) is 5.91 Å². The summed E-state index contributed by atoms with van der Waals surface area (Å²) < 4.78 is 11.5. The molecule has 0 bridgehead atoms. The monoisotopic (exact) mass is 364 g/mol. The second-order valence-corrected chi connectivity index (χ2v) is 7.15. The Kier molecular flexibility index (Phi) is 5.12. The van der Waals surface area contributed by atoms with Crippen molar-refractivity contribution in [3.05, 3.63) is 66.1 Å². The summed E-state index contributed by atoms with van der Waals surface area (Å²) >= 11 is 0. The summed E-state index contributed by atoms with van der Waals surface area (Å²) in [7, 11) is 0. The second-order valence-electron chi connectivity index (χ2n) is 7.15. The number of carbonyl (C=O) groups is 1. The maximum atomic E-state index is 12.4. The summed E-state index contributed by atoms with van der Waals surface area (Å²) in [6.45, 7) is 0.966. The maximum absolute atomic E-state index is 12.4. The number of nitrogens with one attached hydrogen (secondary N) is 1. The molecule has 1 fully saturated rings. The lowest BCUT2D eigenvalue weighted by atomic mass is 10.1.